The minimum Gasteiger partial charge on any atom is -0.478 e. The summed E-state index contributed by atoms with van der Waals surface area (Å²) in [5.41, 5.74) is 3.49. The van der Waals surface area contributed by atoms with E-state index in [-0.39, 0.29) is 5.91 Å². The number of carboxylic acid groups (broad SMARTS) is 1. The molecule has 2 heterocycles. The van der Waals surface area contributed by atoms with Crippen LogP contribution in [0.4, 0.5) is 0 Å². The molecule has 1 N–H and O–H groups in total. The Morgan fingerprint density at radius 3 is 2.70 bits per heavy atom. The molecule has 0 saturated carbocycles. The Morgan fingerprint density at radius 2 is 2.06 bits per heavy atom. The molecule has 0 aliphatic carbocycles. The standard InChI is InChI=1S/C26H30N2O4S/c1-6-8-18(9-7-2)22-16-33-23(17(3)27-22)24(29)28-13-12-19-14-21(11-10-20(19)15-28)32-26(4,5)25(30)31/h6-11,14H,1,12-13,15-16H2,2-5H3,(H,30,31)/b9-7-,18-8+. The molecule has 0 atom stereocenters. The molecular weight excluding hydrogens is 436 g/mol. The molecule has 7 heteroatoms. The highest BCUT2D eigenvalue weighted by atomic mass is 32.2. The summed E-state index contributed by atoms with van der Waals surface area (Å²) in [5.74, 6) is 0.133. The van der Waals surface area contributed by atoms with Gasteiger partial charge in [0.2, 0.25) is 0 Å². The number of aliphatic imine (C=N–C) groups is 1. The number of benzene rings is 1. The second kappa shape index (κ2) is 10.3. The van der Waals surface area contributed by atoms with E-state index in [9.17, 15) is 14.7 Å². The molecule has 1 amide bonds. The van der Waals surface area contributed by atoms with Crippen LogP contribution in [0.2, 0.25) is 0 Å². The van der Waals surface area contributed by atoms with Crippen LogP contribution in [0.15, 0.2) is 70.2 Å². The van der Waals surface area contributed by atoms with Gasteiger partial charge in [0.1, 0.15) is 5.75 Å². The molecule has 2 aliphatic heterocycles. The van der Waals surface area contributed by atoms with Crippen LogP contribution in [-0.4, -0.2) is 45.5 Å². The van der Waals surface area contributed by atoms with E-state index in [1.807, 2.05) is 49.1 Å². The van der Waals surface area contributed by atoms with Crippen molar-refractivity contribution in [2.45, 2.75) is 46.3 Å². The molecule has 1 aromatic carbocycles. The number of nitrogens with zero attached hydrogens (tertiary/aromatic N) is 2. The molecule has 0 saturated heterocycles. The van der Waals surface area contributed by atoms with Crippen LogP contribution < -0.4 is 4.74 Å². The Bertz CT molecular complexity index is 1100. The number of allylic oxidation sites excluding steroid dienone is 6. The van der Waals surface area contributed by atoms with Crippen LogP contribution in [0.1, 0.15) is 38.8 Å². The third kappa shape index (κ3) is 5.66. The smallest absolute Gasteiger partial charge is 0.347 e. The van der Waals surface area contributed by atoms with E-state index in [1.54, 1.807) is 12.1 Å². The summed E-state index contributed by atoms with van der Waals surface area (Å²) in [6, 6.07) is 5.56. The van der Waals surface area contributed by atoms with Gasteiger partial charge in [0.25, 0.3) is 5.91 Å². The van der Waals surface area contributed by atoms with E-state index in [4.69, 9.17) is 9.73 Å². The molecule has 0 unspecified atom stereocenters. The van der Waals surface area contributed by atoms with Crippen molar-refractivity contribution in [2.75, 3.05) is 12.3 Å². The Morgan fingerprint density at radius 1 is 1.30 bits per heavy atom. The molecular formula is C26H30N2O4S. The number of hydrogen-bond acceptors (Lipinski definition) is 5. The van der Waals surface area contributed by atoms with Gasteiger partial charge < -0.3 is 14.7 Å². The minimum absolute atomic E-state index is 0.00132. The third-order valence-corrected chi connectivity index (χ3v) is 6.70. The summed E-state index contributed by atoms with van der Waals surface area (Å²) >= 11 is 1.53. The van der Waals surface area contributed by atoms with Gasteiger partial charge in [-0.25, -0.2) is 4.79 Å². The summed E-state index contributed by atoms with van der Waals surface area (Å²) in [5, 5.41) is 9.29. The maximum atomic E-state index is 13.3. The van der Waals surface area contributed by atoms with Gasteiger partial charge in [-0.2, -0.15) is 0 Å². The van der Waals surface area contributed by atoms with Gasteiger partial charge in [-0.3, -0.25) is 9.79 Å². The lowest BCUT2D eigenvalue weighted by atomic mass is 9.99. The van der Waals surface area contributed by atoms with E-state index >= 15 is 0 Å². The molecule has 1 aromatic rings. The van der Waals surface area contributed by atoms with E-state index in [0.717, 1.165) is 28.1 Å². The quantitative estimate of drug-likeness (QED) is 0.577. The summed E-state index contributed by atoms with van der Waals surface area (Å²) in [7, 11) is 0. The molecule has 0 bridgehead atoms. The van der Waals surface area contributed by atoms with Crippen molar-refractivity contribution < 1.29 is 19.4 Å². The van der Waals surface area contributed by atoms with Crippen molar-refractivity contribution in [1.29, 1.82) is 0 Å². The number of fused-ring (bicyclic) bond motifs is 1. The molecule has 0 aromatic heterocycles. The molecule has 0 radical (unpaired) electrons. The maximum absolute atomic E-state index is 13.3. The number of ether oxygens (including phenoxy) is 1. The second-order valence-corrected chi connectivity index (χ2v) is 9.43. The monoisotopic (exact) mass is 466 g/mol. The number of carboxylic acids is 1. The number of carbonyl (C=O) groups is 2. The van der Waals surface area contributed by atoms with Crippen LogP contribution in [0.5, 0.6) is 5.75 Å². The maximum Gasteiger partial charge on any atom is 0.347 e. The number of carbonyl (C=O) groups excluding carboxylic acids is 1. The topological polar surface area (TPSA) is 79.2 Å². The fourth-order valence-corrected chi connectivity index (χ4v) is 4.72. The summed E-state index contributed by atoms with van der Waals surface area (Å²) < 4.78 is 5.66. The largest absolute Gasteiger partial charge is 0.478 e. The predicted octanol–water partition coefficient (Wildman–Crippen LogP) is 4.92. The third-order valence-electron chi connectivity index (χ3n) is 5.52. The minimum atomic E-state index is -1.31. The first-order valence-electron chi connectivity index (χ1n) is 10.9. The predicted molar refractivity (Wildman–Crippen MR) is 134 cm³/mol. The number of amides is 1. The summed E-state index contributed by atoms with van der Waals surface area (Å²) in [6.07, 6.45) is 8.32. The Labute approximate surface area is 199 Å². The van der Waals surface area contributed by atoms with Gasteiger partial charge in [0.15, 0.2) is 5.60 Å². The lowest BCUT2D eigenvalue weighted by Crippen LogP contribution is -2.38. The van der Waals surface area contributed by atoms with Crippen molar-refractivity contribution in [3.8, 4) is 5.75 Å². The molecule has 0 spiro atoms. The highest BCUT2D eigenvalue weighted by molar-refractivity contribution is 8.04. The van der Waals surface area contributed by atoms with Gasteiger partial charge in [-0.1, -0.05) is 36.9 Å². The van der Waals surface area contributed by atoms with Gasteiger partial charge in [0.05, 0.1) is 16.3 Å². The number of thioether (sulfide) groups is 1. The van der Waals surface area contributed by atoms with Gasteiger partial charge in [-0.15, -0.1) is 11.8 Å². The average Bonchev–Trinajstić information content (AvgIpc) is 2.77. The first kappa shape index (κ1) is 24.6. The fourth-order valence-electron chi connectivity index (χ4n) is 3.70. The van der Waals surface area contributed by atoms with Gasteiger partial charge in [-0.05, 0) is 62.9 Å². The normalized spacial score (nSPS) is 17.0. The molecule has 6 nitrogen and oxygen atoms in total. The van der Waals surface area contributed by atoms with E-state index in [1.165, 1.54) is 25.6 Å². The van der Waals surface area contributed by atoms with Crippen LogP contribution in [-0.2, 0) is 22.6 Å². The molecule has 2 aliphatic rings. The van der Waals surface area contributed by atoms with Crippen LogP contribution in [0.25, 0.3) is 0 Å². The van der Waals surface area contributed by atoms with Crippen molar-refractivity contribution in [3.63, 3.8) is 0 Å². The lowest BCUT2D eigenvalue weighted by Gasteiger charge is -2.31. The van der Waals surface area contributed by atoms with E-state index < -0.39 is 11.6 Å². The van der Waals surface area contributed by atoms with Crippen molar-refractivity contribution >= 4 is 29.4 Å². The Kier molecular flexibility index (Phi) is 7.64. The molecule has 3 rings (SSSR count). The Hall–Kier alpha value is -3.06. The molecule has 33 heavy (non-hydrogen) atoms. The SMILES string of the molecule is C=C/C=C(\C=C/C)C1=NC(C)=C(C(=O)N2CCc3cc(OC(C)(C)C(=O)O)ccc3C2)SC1. The average molecular weight is 467 g/mol. The van der Waals surface area contributed by atoms with Crippen molar-refractivity contribution in [2.24, 2.45) is 4.99 Å². The zero-order chi connectivity index (χ0) is 24.2. The number of hydrogen-bond donors (Lipinski definition) is 1. The van der Waals surface area contributed by atoms with Crippen LogP contribution in [0.3, 0.4) is 0 Å². The van der Waals surface area contributed by atoms with Gasteiger partial charge >= 0.3 is 5.97 Å². The second-order valence-electron chi connectivity index (χ2n) is 8.44. The van der Waals surface area contributed by atoms with Crippen molar-refractivity contribution in [1.82, 2.24) is 4.90 Å². The van der Waals surface area contributed by atoms with Crippen LogP contribution >= 0.6 is 11.8 Å². The van der Waals surface area contributed by atoms with Crippen molar-refractivity contribution in [3.05, 3.63) is 76.4 Å². The van der Waals surface area contributed by atoms with Gasteiger partial charge in [0, 0.05) is 18.8 Å². The molecule has 0 fully saturated rings. The zero-order valence-corrected chi connectivity index (χ0v) is 20.4. The van der Waals surface area contributed by atoms with Crippen LogP contribution in [0, 0.1) is 0 Å². The Balaban J connectivity index is 1.76. The number of rotatable bonds is 7. The van der Waals surface area contributed by atoms with E-state index in [0.29, 0.717) is 35.9 Å². The molecule has 174 valence electrons. The van der Waals surface area contributed by atoms with E-state index in [2.05, 4.69) is 6.58 Å². The highest BCUT2D eigenvalue weighted by Gasteiger charge is 2.31. The first-order valence-corrected chi connectivity index (χ1v) is 11.9. The fraction of sp³-hybridized carbons (Fsp3) is 0.346. The highest BCUT2D eigenvalue weighted by Crippen LogP contribution is 2.32. The summed E-state index contributed by atoms with van der Waals surface area (Å²) in [6.45, 7) is 11.8. The first-order chi connectivity index (χ1) is 15.7. The lowest BCUT2D eigenvalue weighted by molar-refractivity contribution is -0.152. The number of aliphatic carboxylic acids is 1. The summed E-state index contributed by atoms with van der Waals surface area (Å²) in [4.78, 5) is 31.9. The zero-order valence-electron chi connectivity index (χ0n) is 19.6.